The van der Waals surface area contributed by atoms with E-state index in [0.717, 1.165) is 10.9 Å². The van der Waals surface area contributed by atoms with Gasteiger partial charge in [-0.3, -0.25) is 19.4 Å². The minimum Gasteiger partial charge on any atom is -0.299 e. The van der Waals surface area contributed by atoms with Crippen molar-refractivity contribution in [2.45, 2.75) is 11.3 Å². The monoisotopic (exact) mass is 493 g/mol. The van der Waals surface area contributed by atoms with Gasteiger partial charge in [0.05, 0.1) is 16.7 Å². The first-order valence-corrected chi connectivity index (χ1v) is 12.6. The number of carbonyl (C=O) groups excluding carboxylic acids is 2. The van der Waals surface area contributed by atoms with Crippen LogP contribution in [0.25, 0.3) is 0 Å². The molecule has 2 aliphatic carbocycles. The standard InChI is InChI=1S/C21H24BrN3O4S/c22-16-3-5-17(6-4-16)30(28,29)24-10-7-23(8-11-24)9-12-25-20(26)18-14-1-2-15(13-14)19(18)21(25)27/h1-6,14-15,18-19H,7-13H2/t14-,15-,18+,19+/m1/s1. The van der Waals surface area contributed by atoms with E-state index >= 15 is 0 Å². The fraction of sp³-hybridized carbons (Fsp3) is 0.524. The maximum Gasteiger partial charge on any atom is 0.243 e. The molecule has 4 atom stereocenters. The lowest BCUT2D eigenvalue weighted by atomic mass is 9.85. The minimum absolute atomic E-state index is 0.0155. The van der Waals surface area contributed by atoms with Crippen molar-refractivity contribution < 1.29 is 18.0 Å². The van der Waals surface area contributed by atoms with Crippen LogP contribution in [0.15, 0.2) is 45.8 Å². The van der Waals surface area contributed by atoms with Gasteiger partial charge in [0.25, 0.3) is 0 Å². The van der Waals surface area contributed by atoms with Crippen LogP contribution >= 0.6 is 15.9 Å². The average Bonchev–Trinajstić information content (AvgIpc) is 3.42. The smallest absolute Gasteiger partial charge is 0.243 e. The number of amides is 2. The number of sulfonamides is 1. The van der Waals surface area contributed by atoms with E-state index in [1.54, 1.807) is 24.3 Å². The van der Waals surface area contributed by atoms with E-state index in [9.17, 15) is 18.0 Å². The van der Waals surface area contributed by atoms with E-state index in [1.807, 2.05) is 0 Å². The number of likely N-dealkylation sites (tertiary alicyclic amines) is 1. The van der Waals surface area contributed by atoms with Gasteiger partial charge in [0.2, 0.25) is 21.8 Å². The molecule has 1 aromatic carbocycles. The van der Waals surface area contributed by atoms with E-state index in [1.165, 1.54) is 9.21 Å². The van der Waals surface area contributed by atoms with Crippen LogP contribution in [-0.2, 0) is 19.6 Å². The Kier molecular flexibility index (Phi) is 5.12. The summed E-state index contributed by atoms with van der Waals surface area (Å²) in [4.78, 5) is 29.5. The summed E-state index contributed by atoms with van der Waals surface area (Å²) >= 11 is 3.32. The molecular weight excluding hydrogens is 470 g/mol. The first kappa shape index (κ1) is 20.4. The minimum atomic E-state index is -3.51. The zero-order valence-corrected chi connectivity index (χ0v) is 18.9. The molecule has 0 radical (unpaired) electrons. The molecule has 3 fully saturated rings. The Balaban J connectivity index is 1.16. The highest BCUT2D eigenvalue weighted by molar-refractivity contribution is 9.10. The highest BCUT2D eigenvalue weighted by atomic mass is 79.9. The van der Waals surface area contributed by atoms with Gasteiger partial charge in [-0.2, -0.15) is 4.31 Å². The highest BCUT2D eigenvalue weighted by Crippen LogP contribution is 2.52. The number of piperazine rings is 1. The van der Waals surface area contributed by atoms with Gasteiger partial charge in [-0.1, -0.05) is 28.1 Å². The Hall–Kier alpha value is -1.55. The quantitative estimate of drug-likeness (QED) is 0.459. The normalized spacial score (nSPS) is 31.7. The van der Waals surface area contributed by atoms with Gasteiger partial charge >= 0.3 is 0 Å². The molecule has 9 heteroatoms. The Labute approximate surface area is 184 Å². The SMILES string of the molecule is O=C1[C@@H]2[C@@H](C(=O)N1CCN1CCN(S(=O)(=O)c3ccc(Br)cc3)CC1)[C@@H]1C=C[C@@H]2C1. The van der Waals surface area contributed by atoms with Crippen molar-refractivity contribution >= 4 is 37.8 Å². The van der Waals surface area contributed by atoms with Gasteiger partial charge in [0.15, 0.2) is 0 Å². The summed E-state index contributed by atoms with van der Waals surface area (Å²) in [5, 5.41) is 0. The van der Waals surface area contributed by atoms with E-state index in [-0.39, 0.29) is 35.5 Å². The van der Waals surface area contributed by atoms with Crippen LogP contribution in [0.4, 0.5) is 0 Å². The molecular formula is C21H24BrN3O4S. The molecule has 7 nitrogen and oxygen atoms in total. The predicted octanol–water partition coefficient (Wildman–Crippen LogP) is 1.56. The molecule has 30 heavy (non-hydrogen) atoms. The molecule has 5 rings (SSSR count). The molecule has 1 aromatic rings. The zero-order chi connectivity index (χ0) is 21.0. The number of nitrogens with zero attached hydrogens (tertiary/aromatic N) is 3. The summed E-state index contributed by atoms with van der Waals surface area (Å²) in [6.07, 6.45) is 5.15. The van der Waals surface area contributed by atoms with Gasteiger partial charge in [-0.15, -0.1) is 0 Å². The number of halogens is 1. The average molecular weight is 494 g/mol. The van der Waals surface area contributed by atoms with Crippen molar-refractivity contribution in [3.63, 3.8) is 0 Å². The summed E-state index contributed by atoms with van der Waals surface area (Å²) in [5.74, 6) is 0.125. The molecule has 2 bridgehead atoms. The van der Waals surface area contributed by atoms with Crippen LogP contribution in [0.3, 0.4) is 0 Å². The highest BCUT2D eigenvalue weighted by Gasteiger charge is 2.59. The molecule has 2 heterocycles. The van der Waals surface area contributed by atoms with E-state index < -0.39 is 10.0 Å². The summed E-state index contributed by atoms with van der Waals surface area (Å²) < 4.78 is 28.0. The maximum absolute atomic E-state index is 12.8. The van der Waals surface area contributed by atoms with Crippen LogP contribution in [-0.4, -0.2) is 73.6 Å². The number of hydrogen-bond donors (Lipinski definition) is 0. The van der Waals surface area contributed by atoms with Crippen LogP contribution in [0, 0.1) is 23.7 Å². The molecule has 160 valence electrons. The van der Waals surface area contributed by atoms with Crippen molar-refractivity contribution in [3.8, 4) is 0 Å². The molecule has 4 aliphatic rings. The first-order valence-electron chi connectivity index (χ1n) is 10.4. The van der Waals surface area contributed by atoms with Crippen LogP contribution < -0.4 is 0 Å². The lowest BCUT2D eigenvalue weighted by Gasteiger charge is -2.34. The van der Waals surface area contributed by atoms with Crippen molar-refractivity contribution in [1.29, 1.82) is 0 Å². The number of fused-ring (bicyclic) bond motifs is 5. The Bertz CT molecular complexity index is 972. The van der Waals surface area contributed by atoms with Gasteiger partial charge in [-0.25, -0.2) is 8.42 Å². The topological polar surface area (TPSA) is 78.0 Å². The molecule has 0 unspecified atom stereocenters. The Morgan fingerprint density at radius 2 is 1.43 bits per heavy atom. The van der Waals surface area contributed by atoms with Gasteiger partial charge in [-0.05, 0) is 42.5 Å². The third-order valence-electron chi connectivity index (χ3n) is 6.98. The fourth-order valence-corrected chi connectivity index (χ4v) is 7.06. The number of hydrogen-bond acceptors (Lipinski definition) is 5. The van der Waals surface area contributed by atoms with E-state index in [4.69, 9.17) is 0 Å². The van der Waals surface area contributed by atoms with Crippen molar-refractivity contribution in [2.75, 3.05) is 39.3 Å². The summed E-state index contributed by atoms with van der Waals surface area (Å²) in [5.41, 5.74) is 0. The lowest BCUT2D eigenvalue weighted by Crippen LogP contribution is -2.50. The summed E-state index contributed by atoms with van der Waals surface area (Å²) in [6.45, 7) is 2.96. The van der Waals surface area contributed by atoms with Crippen LogP contribution in [0.2, 0.25) is 0 Å². The zero-order valence-electron chi connectivity index (χ0n) is 16.5. The molecule has 0 N–H and O–H groups in total. The van der Waals surface area contributed by atoms with E-state index in [0.29, 0.717) is 44.2 Å². The van der Waals surface area contributed by atoms with Gasteiger partial charge in [0, 0.05) is 43.7 Å². The van der Waals surface area contributed by atoms with Gasteiger partial charge in [0.1, 0.15) is 0 Å². The Morgan fingerprint density at radius 3 is 2.00 bits per heavy atom. The molecule has 0 aromatic heterocycles. The predicted molar refractivity (Wildman–Crippen MR) is 114 cm³/mol. The van der Waals surface area contributed by atoms with Crippen LogP contribution in [0.5, 0.6) is 0 Å². The molecule has 2 amide bonds. The number of allylic oxidation sites excluding steroid dienone is 2. The second kappa shape index (κ2) is 7.55. The van der Waals surface area contributed by atoms with Crippen molar-refractivity contribution in [3.05, 3.63) is 40.9 Å². The lowest BCUT2D eigenvalue weighted by molar-refractivity contribution is -0.140. The van der Waals surface area contributed by atoms with Crippen molar-refractivity contribution in [2.24, 2.45) is 23.7 Å². The summed E-state index contributed by atoms with van der Waals surface area (Å²) in [7, 11) is -3.51. The molecule has 2 saturated heterocycles. The van der Waals surface area contributed by atoms with E-state index in [2.05, 4.69) is 33.0 Å². The first-order chi connectivity index (χ1) is 14.4. The number of carbonyl (C=O) groups is 2. The maximum atomic E-state index is 12.8. The number of benzene rings is 1. The molecule has 0 spiro atoms. The third kappa shape index (κ3) is 3.26. The van der Waals surface area contributed by atoms with Crippen LogP contribution in [0.1, 0.15) is 6.42 Å². The second-order valence-corrected chi connectivity index (χ2v) is 11.4. The van der Waals surface area contributed by atoms with Crippen molar-refractivity contribution in [1.82, 2.24) is 14.1 Å². The largest absolute Gasteiger partial charge is 0.299 e. The Morgan fingerprint density at radius 1 is 0.867 bits per heavy atom. The number of rotatable bonds is 5. The number of imide groups is 1. The summed E-state index contributed by atoms with van der Waals surface area (Å²) in [6, 6.07) is 6.67. The third-order valence-corrected chi connectivity index (χ3v) is 9.43. The molecule has 1 saturated carbocycles. The fourth-order valence-electron chi connectivity index (χ4n) is 5.38. The van der Waals surface area contributed by atoms with Gasteiger partial charge < -0.3 is 0 Å². The second-order valence-electron chi connectivity index (χ2n) is 8.53. The molecule has 2 aliphatic heterocycles.